The average Bonchev–Trinajstić information content (AvgIpc) is 3.06. The van der Waals surface area contributed by atoms with E-state index in [9.17, 15) is 5.26 Å². The lowest BCUT2D eigenvalue weighted by molar-refractivity contribution is 0.868. The van der Waals surface area contributed by atoms with Crippen LogP contribution in [0.15, 0.2) is 60.7 Å². The summed E-state index contributed by atoms with van der Waals surface area (Å²) in [6.45, 7) is 4.45. The highest BCUT2D eigenvalue weighted by Crippen LogP contribution is 2.45. The number of hydrogen-bond acceptors (Lipinski definition) is 3. The third kappa shape index (κ3) is 2.76. The molecule has 0 atom stereocenters. The second-order valence-corrected chi connectivity index (χ2v) is 8.53. The van der Waals surface area contributed by atoms with Gasteiger partial charge in [-0.05, 0) is 29.7 Å². The molecule has 1 aromatic heterocycles. The van der Waals surface area contributed by atoms with Gasteiger partial charge in [0, 0.05) is 10.8 Å². The van der Waals surface area contributed by atoms with Crippen LogP contribution in [0.3, 0.4) is 0 Å². The highest BCUT2D eigenvalue weighted by Gasteiger charge is 2.18. The zero-order chi connectivity index (χ0) is 18.3. The van der Waals surface area contributed by atoms with Crippen molar-refractivity contribution in [2.75, 3.05) is 3.11 Å². The molecule has 0 spiro atoms. The molecule has 1 heterocycles. The van der Waals surface area contributed by atoms with Gasteiger partial charge in [-0.25, -0.2) is 0 Å². The maximum absolute atomic E-state index is 9.46. The first-order valence-electron chi connectivity index (χ1n) is 8.51. The lowest BCUT2D eigenvalue weighted by Gasteiger charge is -2.22. The van der Waals surface area contributed by atoms with E-state index < -0.39 is 0 Å². The van der Waals surface area contributed by atoms with Crippen LogP contribution in [0.2, 0.25) is 0 Å². The number of hydrogen-bond donors (Lipinski definition) is 0. The summed E-state index contributed by atoms with van der Waals surface area (Å²) in [5, 5.41) is 11.8. The van der Waals surface area contributed by atoms with Gasteiger partial charge in [0.05, 0.1) is 49.2 Å². The minimum atomic E-state index is 0.454. The van der Waals surface area contributed by atoms with E-state index >= 15 is 0 Å². The van der Waals surface area contributed by atoms with Crippen molar-refractivity contribution in [2.24, 2.45) is 0 Å². The first-order chi connectivity index (χ1) is 12.6. The molecule has 0 saturated carbocycles. The Balaban J connectivity index is 1.97. The molecule has 4 heteroatoms. The largest absolute Gasteiger partial charge is 0.281 e. The lowest BCUT2D eigenvalue weighted by Crippen LogP contribution is -2.05. The summed E-state index contributed by atoms with van der Waals surface area (Å²) in [4.78, 5) is 0. The fourth-order valence-electron chi connectivity index (χ4n) is 3.33. The molecule has 4 aromatic rings. The van der Waals surface area contributed by atoms with Crippen molar-refractivity contribution >= 4 is 65.7 Å². The van der Waals surface area contributed by atoms with Crippen LogP contribution in [0.1, 0.15) is 30.9 Å². The van der Waals surface area contributed by atoms with E-state index in [-0.39, 0.29) is 0 Å². The molecule has 26 heavy (non-hydrogen) atoms. The molecule has 2 nitrogen and oxygen atoms in total. The van der Waals surface area contributed by atoms with E-state index in [4.69, 9.17) is 0 Å². The van der Waals surface area contributed by atoms with Crippen LogP contribution >= 0.6 is 34.2 Å². The van der Waals surface area contributed by atoms with E-state index in [1.165, 1.54) is 27.0 Å². The number of para-hydroxylation sites is 1. The highest BCUT2D eigenvalue weighted by atomic mass is 127. The van der Waals surface area contributed by atoms with E-state index in [1.54, 1.807) is 11.3 Å². The fourth-order valence-corrected chi connectivity index (χ4v) is 5.60. The first-order valence-corrected chi connectivity index (χ1v) is 10.3. The fraction of sp³-hybridized carbons (Fsp3) is 0.136. The summed E-state index contributed by atoms with van der Waals surface area (Å²) in [5.41, 5.74) is 4.46. The molecule has 0 saturated heterocycles. The molecule has 3 aromatic carbocycles. The SMILES string of the molecule is CC(C)c1ccccc1N(I)c1cccc2c1sc1c(C#N)cccc12. The van der Waals surface area contributed by atoms with Crippen molar-refractivity contribution in [3.63, 3.8) is 0 Å². The topological polar surface area (TPSA) is 27.0 Å². The molecule has 0 aliphatic carbocycles. The standard InChI is InChI=1S/C22H17IN2S/c1-14(2)16-8-3-4-11-19(16)25(23)20-12-6-10-18-17-9-5-7-15(13-24)21(17)26-22(18)20/h3-12,14H,1-2H3. The van der Waals surface area contributed by atoms with E-state index in [0.29, 0.717) is 5.92 Å². The number of benzene rings is 3. The Morgan fingerprint density at radius 1 is 0.885 bits per heavy atom. The first kappa shape index (κ1) is 17.3. The molecule has 0 amide bonds. The van der Waals surface area contributed by atoms with Crippen molar-refractivity contribution in [1.29, 1.82) is 5.26 Å². The third-order valence-electron chi connectivity index (χ3n) is 4.61. The normalized spacial score (nSPS) is 11.2. The lowest BCUT2D eigenvalue weighted by atomic mass is 10.0. The predicted octanol–water partition coefficient (Wildman–Crippen LogP) is 7.54. The van der Waals surface area contributed by atoms with Crippen molar-refractivity contribution in [3.05, 3.63) is 71.8 Å². The minimum absolute atomic E-state index is 0.454. The molecule has 128 valence electrons. The average molecular weight is 468 g/mol. The molecule has 0 N–H and O–H groups in total. The molecule has 0 fully saturated rings. The smallest absolute Gasteiger partial charge is 0.101 e. The molecule has 0 radical (unpaired) electrons. The van der Waals surface area contributed by atoms with Gasteiger partial charge in [0.25, 0.3) is 0 Å². The van der Waals surface area contributed by atoms with Crippen molar-refractivity contribution in [3.8, 4) is 6.07 Å². The summed E-state index contributed by atoms with van der Waals surface area (Å²) >= 11 is 4.11. The molecule has 0 aliphatic rings. The Bertz CT molecular complexity index is 1150. The summed E-state index contributed by atoms with van der Waals surface area (Å²) < 4.78 is 4.54. The third-order valence-corrected chi connectivity index (χ3v) is 6.92. The summed E-state index contributed by atoms with van der Waals surface area (Å²) in [6, 6.07) is 23.3. The molecule has 0 unspecified atom stereocenters. The Morgan fingerprint density at radius 2 is 1.54 bits per heavy atom. The summed E-state index contributed by atoms with van der Waals surface area (Å²) in [5.74, 6) is 0.454. The zero-order valence-corrected chi connectivity index (χ0v) is 17.5. The van der Waals surface area contributed by atoms with Gasteiger partial charge in [-0.15, -0.1) is 11.3 Å². The Morgan fingerprint density at radius 3 is 2.27 bits per heavy atom. The van der Waals surface area contributed by atoms with Crippen molar-refractivity contribution in [2.45, 2.75) is 19.8 Å². The Hall–Kier alpha value is -2.10. The van der Waals surface area contributed by atoms with Crippen LogP contribution in [0.25, 0.3) is 20.2 Å². The van der Waals surface area contributed by atoms with Crippen molar-refractivity contribution < 1.29 is 0 Å². The van der Waals surface area contributed by atoms with Gasteiger partial charge >= 0.3 is 0 Å². The van der Waals surface area contributed by atoms with Gasteiger partial charge in [0.1, 0.15) is 6.07 Å². The zero-order valence-electron chi connectivity index (χ0n) is 14.5. The minimum Gasteiger partial charge on any atom is -0.281 e. The molecular formula is C22H17IN2S. The maximum Gasteiger partial charge on any atom is 0.101 e. The van der Waals surface area contributed by atoms with Crippen LogP contribution in [0, 0.1) is 11.3 Å². The number of thiophene rings is 1. The van der Waals surface area contributed by atoms with Gasteiger partial charge < -0.3 is 0 Å². The van der Waals surface area contributed by atoms with Crippen LogP contribution in [0.5, 0.6) is 0 Å². The molecule has 0 aliphatic heterocycles. The molecular weight excluding hydrogens is 451 g/mol. The quantitative estimate of drug-likeness (QED) is 0.230. The monoisotopic (exact) mass is 468 g/mol. The van der Waals surface area contributed by atoms with Crippen LogP contribution in [0.4, 0.5) is 11.4 Å². The van der Waals surface area contributed by atoms with Gasteiger partial charge in [-0.2, -0.15) is 5.26 Å². The van der Waals surface area contributed by atoms with Crippen LogP contribution < -0.4 is 3.11 Å². The van der Waals surface area contributed by atoms with Crippen molar-refractivity contribution in [1.82, 2.24) is 0 Å². The number of nitriles is 1. The number of nitrogens with zero attached hydrogens (tertiary/aromatic N) is 2. The van der Waals surface area contributed by atoms with Gasteiger partial charge in [0.15, 0.2) is 0 Å². The Labute approximate surface area is 171 Å². The number of anilines is 2. The number of fused-ring (bicyclic) bond motifs is 3. The number of halogens is 1. The van der Waals surface area contributed by atoms with Gasteiger partial charge in [0.2, 0.25) is 0 Å². The number of rotatable bonds is 3. The van der Waals surface area contributed by atoms with E-state index in [0.717, 1.165) is 15.6 Å². The van der Waals surface area contributed by atoms with E-state index in [2.05, 4.69) is 94.4 Å². The van der Waals surface area contributed by atoms with Gasteiger partial charge in [-0.1, -0.05) is 56.3 Å². The second kappa shape index (κ2) is 6.90. The summed E-state index contributed by atoms with van der Waals surface area (Å²) in [7, 11) is 0. The van der Waals surface area contributed by atoms with Crippen LogP contribution in [-0.2, 0) is 0 Å². The molecule has 4 rings (SSSR count). The van der Waals surface area contributed by atoms with E-state index in [1.807, 2.05) is 12.1 Å². The maximum atomic E-state index is 9.46. The predicted molar refractivity (Wildman–Crippen MR) is 121 cm³/mol. The molecule has 0 bridgehead atoms. The van der Waals surface area contributed by atoms with Crippen LogP contribution in [-0.4, -0.2) is 0 Å². The van der Waals surface area contributed by atoms with Gasteiger partial charge in [-0.3, -0.25) is 3.11 Å². The highest BCUT2D eigenvalue weighted by molar-refractivity contribution is 14.1. The Kier molecular flexibility index (Phi) is 4.60. The second-order valence-electron chi connectivity index (χ2n) is 6.54. The summed E-state index contributed by atoms with van der Waals surface area (Å²) in [6.07, 6.45) is 0.